The standard InChI is InChI=1S/C12H18O5S/c1-2-12(8-13,9-14)10-17-18(15,16)11-6-4-3-5-7-11/h3-7,13-14H,2,8-10H2,1H3. The first kappa shape index (κ1) is 15.1. The van der Waals surface area contributed by atoms with Crippen molar-refractivity contribution in [1.29, 1.82) is 0 Å². The topological polar surface area (TPSA) is 83.8 Å². The first-order valence-corrected chi connectivity index (χ1v) is 7.07. The van der Waals surface area contributed by atoms with E-state index >= 15 is 0 Å². The molecular weight excluding hydrogens is 256 g/mol. The van der Waals surface area contributed by atoms with Crippen LogP contribution in [-0.4, -0.2) is 38.5 Å². The highest BCUT2D eigenvalue weighted by atomic mass is 32.2. The maximum atomic E-state index is 11.8. The van der Waals surface area contributed by atoms with Gasteiger partial charge in [-0.15, -0.1) is 0 Å². The first-order valence-electron chi connectivity index (χ1n) is 5.66. The van der Waals surface area contributed by atoms with E-state index in [1.165, 1.54) is 12.1 Å². The molecule has 0 unspecified atom stereocenters. The molecule has 0 saturated carbocycles. The Balaban J connectivity index is 2.79. The van der Waals surface area contributed by atoms with Gasteiger partial charge in [0.25, 0.3) is 10.1 Å². The van der Waals surface area contributed by atoms with Crippen LogP contribution in [0.1, 0.15) is 13.3 Å². The zero-order chi connectivity index (χ0) is 13.6. The summed E-state index contributed by atoms with van der Waals surface area (Å²) < 4.78 is 28.6. The maximum Gasteiger partial charge on any atom is 0.296 e. The molecule has 5 nitrogen and oxygen atoms in total. The van der Waals surface area contributed by atoms with Crippen LogP contribution in [0.15, 0.2) is 35.2 Å². The van der Waals surface area contributed by atoms with Crippen molar-refractivity contribution in [1.82, 2.24) is 0 Å². The van der Waals surface area contributed by atoms with E-state index in [-0.39, 0.29) is 24.7 Å². The molecule has 0 aliphatic carbocycles. The average molecular weight is 274 g/mol. The molecule has 2 N–H and O–H groups in total. The van der Waals surface area contributed by atoms with Gasteiger partial charge in [0.1, 0.15) is 0 Å². The van der Waals surface area contributed by atoms with E-state index in [4.69, 9.17) is 4.18 Å². The zero-order valence-electron chi connectivity index (χ0n) is 10.2. The van der Waals surface area contributed by atoms with Gasteiger partial charge in [0.2, 0.25) is 0 Å². The highest BCUT2D eigenvalue weighted by molar-refractivity contribution is 7.86. The maximum absolute atomic E-state index is 11.8. The lowest BCUT2D eigenvalue weighted by Gasteiger charge is -2.27. The van der Waals surface area contributed by atoms with Crippen molar-refractivity contribution in [3.05, 3.63) is 30.3 Å². The summed E-state index contributed by atoms with van der Waals surface area (Å²) in [7, 11) is -3.85. The Morgan fingerprint density at radius 2 is 1.72 bits per heavy atom. The molecule has 6 heteroatoms. The van der Waals surface area contributed by atoms with Crippen LogP contribution in [0, 0.1) is 5.41 Å². The lowest BCUT2D eigenvalue weighted by molar-refractivity contribution is 0.0135. The van der Waals surface area contributed by atoms with E-state index in [0.29, 0.717) is 6.42 Å². The molecule has 1 aromatic rings. The Morgan fingerprint density at radius 1 is 1.17 bits per heavy atom. The summed E-state index contributed by atoms with van der Waals surface area (Å²) >= 11 is 0. The van der Waals surface area contributed by atoms with Crippen molar-refractivity contribution >= 4 is 10.1 Å². The predicted octanol–water partition coefficient (Wildman–Crippen LogP) is 0.773. The molecule has 1 aromatic carbocycles. The minimum absolute atomic E-state index is 0.0610. The van der Waals surface area contributed by atoms with E-state index in [1.807, 2.05) is 0 Å². The van der Waals surface area contributed by atoms with Crippen molar-refractivity contribution < 1.29 is 22.8 Å². The molecule has 0 amide bonds. The lowest BCUT2D eigenvalue weighted by Crippen LogP contribution is -2.35. The second-order valence-electron chi connectivity index (χ2n) is 4.20. The van der Waals surface area contributed by atoms with E-state index in [0.717, 1.165) is 0 Å². The van der Waals surface area contributed by atoms with E-state index in [1.54, 1.807) is 25.1 Å². The smallest absolute Gasteiger partial charge is 0.296 e. The van der Waals surface area contributed by atoms with Gasteiger partial charge in [-0.1, -0.05) is 25.1 Å². The zero-order valence-corrected chi connectivity index (χ0v) is 11.1. The SMILES string of the molecule is CCC(CO)(CO)COS(=O)(=O)c1ccccc1. The average Bonchev–Trinajstić information content (AvgIpc) is 2.42. The third-order valence-corrected chi connectivity index (χ3v) is 4.25. The van der Waals surface area contributed by atoms with Gasteiger partial charge in [0.15, 0.2) is 0 Å². The van der Waals surface area contributed by atoms with Crippen LogP contribution in [0.2, 0.25) is 0 Å². The summed E-state index contributed by atoms with van der Waals surface area (Å²) in [5.41, 5.74) is -0.929. The number of aliphatic hydroxyl groups is 2. The van der Waals surface area contributed by atoms with Gasteiger partial charge < -0.3 is 10.2 Å². The Labute approximate surface area is 107 Å². The largest absolute Gasteiger partial charge is 0.396 e. The summed E-state index contributed by atoms with van der Waals surface area (Å²) in [4.78, 5) is 0.0610. The minimum Gasteiger partial charge on any atom is -0.396 e. The Bertz CT molecular complexity index is 442. The van der Waals surface area contributed by atoms with E-state index in [2.05, 4.69) is 0 Å². The van der Waals surface area contributed by atoms with Gasteiger partial charge in [-0.25, -0.2) is 0 Å². The number of hydrogen-bond donors (Lipinski definition) is 2. The van der Waals surface area contributed by atoms with Crippen LogP contribution in [-0.2, 0) is 14.3 Å². The van der Waals surface area contributed by atoms with E-state index in [9.17, 15) is 18.6 Å². The van der Waals surface area contributed by atoms with Crippen molar-refractivity contribution in [2.45, 2.75) is 18.2 Å². The highest BCUT2D eigenvalue weighted by Gasteiger charge is 2.30. The Morgan fingerprint density at radius 3 is 2.17 bits per heavy atom. The quantitative estimate of drug-likeness (QED) is 0.718. The van der Waals surface area contributed by atoms with Crippen molar-refractivity contribution in [2.75, 3.05) is 19.8 Å². The molecule has 0 bridgehead atoms. The summed E-state index contributed by atoms with van der Waals surface area (Å²) in [6, 6.07) is 7.77. The van der Waals surface area contributed by atoms with Crippen molar-refractivity contribution in [2.24, 2.45) is 5.41 Å². The predicted molar refractivity (Wildman–Crippen MR) is 66.5 cm³/mol. The molecule has 0 radical (unpaired) electrons. The third kappa shape index (κ3) is 3.52. The van der Waals surface area contributed by atoms with Crippen LogP contribution >= 0.6 is 0 Å². The molecular formula is C12H18O5S. The van der Waals surface area contributed by atoms with Gasteiger partial charge in [0, 0.05) is 5.41 Å². The van der Waals surface area contributed by atoms with E-state index < -0.39 is 15.5 Å². The van der Waals surface area contributed by atoms with Crippen molar-refractivity contribution in [3.8, 4) is 0 Å². The van der Waals surface area contributed by atoms with Crippen LogP contribution in [0.4, 0.5) is 0 Å². The molecule has 0 aromatic heterocycles. The normalized spacial score (nSPS) is 12.6. The lowest BCUT2D eigenvalue weighted by atomic mass is 9.88. The number of aliphatic hydroxyl groups excluding tert-OH is 2. The van der Waals surface area contributed by atoms with Gasteiger partial charge in [-0.3, -0.25) is 4.18 Å². The van der Waals surface area contributed by atoms with Gasteiger partial charge in [0.05, 0.1) is 24.7 Å². The molecule has 0 aliphatic rings. The van der Waals surface area contributed by atoms with Crippen LogP contribution in [0.5, 0.6) is 0 Å². The molecule has 102 valence electrons. The number of hydrogen-bond acceptors (Lipinski definition) is 5. The van der Waals surface area contributed by atoms with Crippen molar-refractivity contribution in [3.63, 3.8) is 0 Å². The molecule has 0 spiro atoms. The van der Waals surface area contributed by atoms with Crippen LogP contribution in [0.25, 0.3) is 0 Å². The van der Waals surface area contributed by atoms with Crippen LogP contribution < -0.4 is 0 Å². The van der Waals surface area contributed by atoms with Gasteiger partial charge in [-0.05, 0) is 18.6 Å². The van der Waals surface area contributed by atoms with Gasteiger partial charge in [-0.2, -0.15) is 8.42 Å². The second-order valence-corrected chi connectivity index (χ2v) is 5.81. The molecule has 0 heterocycles. The summed E-state index contributed by atoms with van der Waals surface area (Å²) in [5.74, 6) is 0. The monoisotopic (exact) mass is 274 g/mol. The second kappa shape index (κ2) is 6.29. The molecule has 0 atom stereocenters. The molecule has 0 fully saturated rings. The first-order chi connectivity index (χ1) is 8.49. The summed E-state index contributed by atoms with van der Waals surface area (Å²) in [6.45, 7) is 0.854. The minimum atomic E-state index is -3.85. The van der Waals surface area contributed by atoms with Gasteiger partial charge >= 0.3 is 0 Å². The van der Waals surface area contributed by atoms with Crippen LogP contribution in [0.3, 0.4) is 0 Å². The third-order valence-electron chi connectivity index (χ3n) is 2.97. The summed E-state index contributed by atoms with van der Waals surface area (Å²) in [5, 5.41) is 18.4. The molecule has 18 heavy (non-hydrogen) atoms. The fourth-order valence-corrected chi connectivity index (χ4v) is 2.36. The Kier molecular flexibility index (Phi) is 5.28. The highest BCUT2D eigenvalue weighted by Crippen LogP contribution is 2.23. The summed E-state index contributed by atoms with van der Waals surface area (Å²) in [6.07, 6.45) is 0.421. The fourth-order valence-electron chi connectivity index (χ4n) is 1.32. The molecule has 0 aliphatic heterocycles. The number of rotatable bonds is 7. The molecule has 1 rings (SSSR count). The Hall–Kier alpha value is -0.950. The fraction of sp³-hybridized carbons (Fsp3) is 0.500. The molecule has 0 saturated heterocycles. The number of benzene rings is 1.